The van der Waals surface area contributed by atoms with Crippen molar-refractivity contribution >= 4 is 11.8 Å². The Kier molecular flexibility index (Phi) is 5.31. The van der Waals surface area contributed by atoms with Crippen LogP contribution in [-0.4, -0.2) is 11.8 Å². The summed E-state index contributed by atoms with van der Waals surface area (Å²) in [7, 11) is 0. The number of hydrogen-bond acceptors (Lipinski definition) is 3. The lowest BCUT2D eigenvalue weighted by Crippen LogP contribution is -2.18. The predicted octanol–water partition coefficient (Wildman–Crippen LogP) is 5.20. The highest BCUT2D eigenvalue weighted by molar-refractivity contribution is 6.02. The molecule has 0 bridgehead atoms. The van der Waals surface area contributed by atoms with Crippen LogP contribution in [0.1, 0.15) is 31.8 Å². The van der Waals surface area contributed by atoms with Crippen molar-refractivity contribution < 1.29 is 36.3 Å². The van der Waals surface area contributed by atoms with E-state index in [1.54, 1.807) is 18.2 Å². The minimum Gasteiger partial charge on any atom is -0.416 e. The van der Waals surface area contributed by atoms with Gasteiger partial charge in [0.15, 0.2) is 5.78 Å². The molecule has 0 amide bonds. The second-order valence-electron chi connectivity index (χ2n) is 7.07. The fourth-order valence-corrected chi connectivity index (χ4v) is 3.67. The summed E-state index contributed by atoms with van der Waals surface area (Å²) in [4.78, 5) is 25.2. The van der Waals surface area contributed by atoms with Gasteiger partial charge in [-0.1, -0.05) is 42.5 Å². The van der Waals surface area contributed by atoms with Gasteiger partial charge in [0.1, 0.15) is 0 Å². The quantitative estimate of drug-likeness (QED) is 0.187. The van der Waals surface area contributed by atoms with Crippen LogP contribution < -0.4 is 4.74 Å². The van der Waals surface area contributed by atoms with Crippen LogP contribution in [-0.2, 0) is 12.8 Å². The number of ketones is 1. The number of hydrogen-bond donors (Lipinski definition) is 0. The van der Waals surface area contributed by atoms with Crippen LogP contribution in [0, 0.1) is 35.0 Å². The molecule has 0 spiro atoms. The molecule has 4 rings (SSSR count). The SMILES string of the molecule is O=C(Oc1c(F)c(F)c(F)c(F)c1F)c1ccccc1CC1Cc2ccccc2C1=O. The van der Waals surface area contributed by atoms with Gasteiger partial charge in [-0.2, -0.15) is 8.78 Å². The molecular weight excluding hydrogens is 419 g/mol. The average Bonchev–Trinajstić information content (AvgIpc) is 3.09. The zero-order chi connectivity index (χ0) is 22.3. The van der Waals surface area contributed by atoms with Crippen molar-refractivity contribution in [1.29, 1.82) is 0 Å². The summed E-state index contributed by atoms with van der Waals surface area (Å²) in [5.74, 6) is -14.8. The highest BCUT2D eigenvalue weighted by Gasteiger charge is 2.32. The second-order valence-corrected chi connectivity index (χ2v) is 7.07. The number of carbonyl (C=O) groups excluding carboxylic acids is 2. The van der Waals surface area contributed by atoms with Crippen LogP contribution in [0.3, 0.4) is 0 Å². The summed E-state index contributed by atoms with van der Waals surface area (Å²) < 4.78 is 72.3. The van der Waals surface area contributed by atoms with Crippen molar-refractivity contribution in [3.8, 4) is 5.75 Å². The summed E-state index contributed by atoms with van der Waals surface area (Å²) >= 11 is 0. The van der Waals surface area contributed by atoms with Gasteiger partial charge in [0.2, 0.25) is 34.8 Å². The molecule has 1 aliphatic carbocycles. The third-order valence-corrected chi connectivity index (χ3v) is 5.19. The molecule has 1 atom stereocenters. The maximum atomic E-state index is 13.9. The first-order chi connectivity index (χ1) is 14.8. The number of Topliss-reactive ketones (excluding diaryl/α,β-unsaturated/α-hetero) is 1. The number of rotatable bonds is 4. The molecule has 3 aromatic carbocycles. The molecule has 3 nitrogen and oxygen atoms in total. The fourth-order valence-electron chi connectivity index (χ4n) is 3.67. The smallest absolute Gasteiger partial charge is 0.344 e. The average molecular weight is 432 g/mol. The van der Waals surface area contributed by atoms with Crippen LogP contribution in [0.15, 0.2) is 48.5 Å². The molecule has 0 aromatic heterocycles. The Hall–Kier alpha value is -3.55. The molecule has 158 valence electrons. The number of benzene rings is 3. The summed E-state index contributed by atoms with van der Waals surface area (Å²) in [6.07, 6.45) is 0.589. The normalized spacial score (nSPS) is 15.1. The summed E-state index contributed by atoms with van der Waals surface area (Å²) in [5.41, 5.74) is 1.67. The molecule has 0 aliphatic heterocycles. The number of carbonyl (C=O) groups is 2. The number of esters is 1. The highest BCUT2D eigenvalue weighted by atomic mass is 19.2. The first kappa shape index (κ1) is 20.7. The van der Waals surface area contributed by atoms with E-state index in [2.05, 4.69) is 4.74 Å². The van der Waals surface area contributed by atoms with Crippen LogP contribution in [0.25, 0.3) is 0 Å². The largest absolute Gasteiger partial charge is 0.416 e. The third-order valence-electron chi connectivity index (χ3n) is 5.19. The van der Waals surface area contributed by atoms with E-state index in [1.165, 1.54) is 18.2 Å². The molecular formula is C23H13F5O3. The summed E-state index contributed by atoms with van der Waals surface area (Å²) in [5, 5.41) is 0. The first-order valence-corrected chi connectivity index (χ1v) is 9.23. The molecule has 0 saturated carbocycles. The van der Waals surface area contributed by atoms with Crippen LogP contribution in [0.4, 0.5) is 22.0 Å². The van der Waals surface area contributed by atoms with Gasteiger partial charge >= 0.3 is 5.97 Å². The maximum Gasteiger partial charge on any atom is 0.344 e. The second kappa shape index (κ2) is 7.94. The topological polar surface area (TPSA) is 43.4 Å². The standard InChI is InChI=1S/C23H13F5O3/c24-16-17(25)19(27)22(20(28)18(16)26)31-23(30)15-8-4-2-6-12(15)10-13-9-11-5-1-3-7-14(11)21(13)29/h1-8,13H,9-10H2. The minimum absolute atomic E-state index is 0.0986. The molecule has 8 heteroatoms. The van der Waals surface area contributed by atoms with Gasteiger partial charge in [0.25, 0.3) is 0 Å². The van der Waals surface area contributed by atoms with E-state index in [1.807, 2.05) is 12.1 Å². The van der Waals surface area contributed by atoms with Crippen molar-refractivity contribution in [3.05, 3.63) is 99.9 Å². The van der Waals surface area contributed by atoms with Crippen LogP contribution in [0.2, 0.25) is 0 Å². The Balaban J connectivity index is 1.62. The van der Waals surface area contributed by atoms with E-state index < -0.39 is 46.7 Å². The number of ether oxygens (including phenoxy) is 1. The molecule has 1 aliphatic rings. The van der Waals surface area contributed by atoms with Gasteiger partial charge in [-0.15, -0.1) is 0 Å². The zero-order valence-electron chi connectivity index (χ0n) is 15.7. The lowest BCUT2D eigenvalue weighted by atomic mass is 9.93. The maximum absolute atomic E-state index is 13.9. The van der Waals surface area contributed by atoms with Crippen molar-refractivity contribution in [1.82, 2.24) is 0 Å². The molecule has 0 radical (unpaired) electrons. The predicted molar refractivity (Wildman–Crippen MR) is 99.3 cm³/mol. The van der Waals surface area contributed by atoms with Gasteiger partial charge < -0.3 is 4.74 Å². The van der Waals surface area contributed by atoms with Crippen molar-refractivity contribution in [3.63, 3.8) is 0 Å². The molecule has 0 heterocycles. The van der Waals surface area contributed by atoms with Gasteiger partial charge in [0, 0.05) is 11.5 Å². The number of fused-ring (bicyclic) bond motifs is 1. The monoisotopic (exact) mass is 432 g/mol. The fraction of sp³-hybridized carbons (Fsp3) is 0.130. The Bertz CT molecular complexity index is 1190. The highest BCUT2D eigenvalue weighted by Crippen LogP contribution is 2.32. The van der Waals surface area contributed by atoms with E-state index in [9.17, 15) is 31.5 Å². The van der Waals surface area contributed by atoms with E-state index in [0.717, 1.165) is 5.56 Å². The lowest BCUT2D eigenvalue weighted by Gasteiger charge is -2.13. The molecule has 0 fully saturated rings. The van der Waals surface area contributed by atoms with Crippen LogP contribution in [0.5, 0.6) is 5.75 Å². The molecule has 31 heavy (non-hydrogen) atoms. The third kappa shape index (κ3) is 3.58. The Labute approximate surface area is 173 Å². The molecule has 0 N–H and O–H groups in total. The van der Waals surface area contributed by atoms with Gasteiger partial charge in [-0.25, -0.2) is 18.0 Å². The molecule has 1 unspecified atom stereocenters. The lowest BCUT2D eigenvalue weighted by molar-refractivity contribution is 0.0713. The van der Waals surface area contributed by atoms with E-state index in [-0.39, 0.29) is 17.8 Å². The van der Waals surface area contributed by atoms with Crippen LogP contribution >= 0.6 is 0 Å². The van der Waals surface area contributed by atoms with Crippen molar-refractivity contribution in [2.75, 3.05) is 0 Å². The van der Waals surface area contributed by atoms with Gasteiger partial charge in [-0.05, 0) is 30.0 Å². The van der Waals surface area contributed by atoms with Crippen molar-refractivity contribution in [2.45, 2.75) is 12.8 Å². The minimum atomic E-state index is -2.35. The van der Waals surface area contributed by atoms with Gasteiger partial charge in [-0.3, -0.25) is 4.79 Å². The number of halogens is 5. The van der Waals surface area contributed by atoms with E-state index in [0.29, 0.717) is 17.5 Å². The Morgan fingerprint density at radius 3 is 2.10 bits per heavy atom. The summed E-state index contributed by atoms with van der Waals surface area (Å²) in [6.45, 7) is 0. The summed E-state index contributed by atoms with van der Waals surface area (Å²) in [6, 6.07) is 13.0. The Morgan fingerprint density at radius 2 is 1.42 bits per heavy atom. The Morgan fingerprint density at radius 1 is 0.839 bits per heavy atom. The molecule has 0 saturated heterocycles. The van der Waals surface area contributed by atoms with Gasteiger partial charge in [0.05, 0.1) is 5.56 Å². The zero-order valence-corrected chi connectivity index (χ0v) is 15.7. The van der Waals surface area contributed by atoms with Crippen molar-refractivity contribution in [2.24, 2.45) is 5.92 Å². The van der Waals surface area contributed by atoms with E-state index >= 15 is 0 Å². The van der Waals surface area contributed by atoms with E-state index in [4.69, 9.17) is 0 Å². The molecule has 3 aromatic rings. The first-order valence-electron chi connectivity index (χ1n) is 9.23.